The second kappa shape index (κ2) is 6.12. The van der Waals surface area contributed by atoms with Gasteiger partial charge in [-0.25, -0.2) is 9.97 Å². The molecule has 3 N–H and O–H groups in total. The SMILES string of the molecule is CCc1ccccc1Nc1ccnc(CCN)n1. The molecule has 0 saturated carbocycles. The Bertz CT molecular complexity index is 511. The van der Waals surface area contributed by atoms with Crippen molar-refractivity contribution in [3.05, 3.63) is 47.9 Å². The van der Waals surface area contributed by atoms with Crippen LogP contribution in [0.15, 0.2) is 36.5 Å². The maximum atomic E-state index is 5.51. The van der Waals surface area contributed by atoms with E-state index in [0.29, 0.717) is 13.0 Å². The van der Waals surface area contributed by atoms with Gasteiger partial charge in [-0.2, -0.15) is 0 Å². The summed E-state index contributed by atoms with van der Waals surface area (Å²) in [4.78, 5) is 8.61. The van der Waals surface area contributed by atoms with Gasteiger partial charge in [-0.3, -0.25) is 0 Å². The van der Waals surface area contributed by atoms with E-state index in [0.717, 1.165) is 23.8 Å². The topological polar surface area (TPSA) is 63.8 Å². The molecule has 0 aliphatic carbocycles. The summed E-state index contributed by atoms with van der Waals surface area (Å²) in [7, 11) is 0. The van der Waals surface area contributed by atoms with Gasteiger partial charge in [-0.05, 0) is 30.7 Å². The van der Waals surface area contributed by atoms with Crippen molar-refractivity contribution in [2.75, 3.05) is 11.9 Å². The third-order valence-corrected chi connectivity index (χ3v) is 2.73. The van der Waals surface area contributed by atoms with Crippen LogP contribution in [0.2, 0.25) is 0 Å². The molecule has 0 spiro atoms. The van der Waals surface area contributed by atoms with Crippen LogP contribution in [-0.4, -0.2) is 16.5 Å². The number of rotatable bonds is 5. The minimum absolute atomic E-state index is 0.564. The van der Waals surface area contributed by atoms with Crippen molar-refractivity contribution in [3.63, 3.8) is 0 Å². The van der Waals surface area contributed by atoms with Crippen LogP contribution in [0.25, 0.3) is 0 Å². The molecule has 1 aromatic heterocycles. The molecule has 1 heterocycles. The van der Waals surface area contributed by atoms with E-state index in [2.05, 4.69) is 34.3 Å². The normalized spacial score (nSPS) is 10.3. The van der Waals surface area contributed by atoms with Crippen LogP contribution >= 0.6 is 0 Å². The van der Waals surface area contributed by atoms with Crippen molar-refractivity contribution >= 4 is 11.5 Å². The number of nitrogens with zero attached hydrogens (tertiary/aromatic N) is 2. The highest BCUT2D eigenvalue weighted by molar-refractivity contribution is 5.60. The molecule has 0 saturated heterocycles. The first-order valence-corrected chi connectivity index (χ1v) is 6.20. The number of para-hydroxylation sites is 1. The number of aryl methyl sites for hydroxylation is 1. The van der Waals surface area contributed by atoms with Crippen LogP contribution < -0.4 is 11.1 Å². The minimum atomic E-state index is 0.564. The molecule has 0 atom stereocenters. The molecule has 2 aromatic rings. The summed E-state index contributed by atoms with van der Waals surface area (Å²) in [6, 6.07) is 10.1. The summed E-state index contributed by atoms with van der Waals surface area (Å²) in [6.45, 7) is 2.70. The average molecular weight is 242 g/mol. The molecule has 94 valence electrons. The molecule has 4 nitrogen and oxygen atoms in total. The molecule has 18 heavy (non-hydrogen) atoms. The van der Waals surface area contributed by atoms with Gasteiger partial charge >= 0.3 is 0 Å². The Morgan fingerprint density at radius 3 is 2.83 bits per heavy atom. The maximum absolute atomic E-state index is 5.51. The van der Waals surface area contributed by atoms with Gasteiger partial charge in [0, 0.05) is 18.3 Å². The third kappa shape index (κ3) is 3.05. The summed E-state index contributed by atoms with van der Waals surface area (Å²) in [5.74, 6) is 1.59. The number of anilines is 2. The Balaban J connectivity index is 2.20. The molecule has 0 unspecified atom stereocenters. The fourth-order valence-corrected chi connectivity index (χ4v) is 1.81. The van der Waals surface area contributed by atoms with Gasteiger partial charge in [-0.15, -0.1) is 0 Å². The minimum Gasteiger partial charge on any atom is -0.340 e. The number of hydrogen-bond donors (Lipinski definition) is 2. The fraction of sp³-hybridized carbons (Fsp3) is 0.286. The number of nitrogens with one attached hydrogen (secondary N) is 1. The van der Waals surface area contributed by atoms with E-state index in [9.17, 15) is 0 Å². The first-order valence-electron chi connectivity index (χ1n) is 6.20. The zero-order chi connectivity index (χ0) is 12.8. The van der Waals surface area contributed by atoms with E-state index < -0.39 is 0 Å². The van der Waals surface area contributed by atoms with Crippen LogP contribution in [0.4, 0.5) is 11.5 Å². The highest BCUT2D eigenvalue weighted by Crippen LogP contribution is 2.19. The molecular weight excluding hydrogens is 224 g/mol. The molecule has 0 aliphatic rings. The van der Waals surface area contributed by atoms with Crippen LogP contribution in [0.5, 0.6) is 0 Å². The van der Waals surface area contributed by atoms with Crippen LogP contribution in [0.1, 0.15) is 18.3 Å². The average Bonchev–Trinajstić information content (AvgIpc) is 2.40. The summed E-state index contributed by atoms with van der Waals surface area (Å²) in [5.41, 5.74) is 7.88. The van der Waals surface area contributed by atoms with E-state index in [1.165, 1.54) is 5.56 Å². The lowest BCUT2D eigenvalue weighted by atomic mass is 10.1. The number of aromatic nitrogens is 2. The predicted octanol–water partition coefficient (Wildman–Crippen LogP) is 2.28. The lowest BCUT2D eigenvalue weighted by Crippen LogP contribution is -2.07. The molecule has 4 heteroatoms. The van der Waals surface area contributed by atoms with Gasteiger partial charge in [0.15, 0.2) is 0 Å². The molecule has 0 radical (unpaired) electrons. The van der Waals surface area contributed by atoms with Crippen molar-refractivity contribution < 1.29 is 0 Å². The van der Waals surface area contributed by atoms with Crippen LogP contribution in [0.3, 0.4) is 0 Å². The summed E-state index contributed by atoms with van der Waals surface area (Å²) in [5, 5.41) is 3.33. The number of hydrogen-bond acceptors (Lipinski definition) is 4. The molecule has 0 amide bonds. The zero-order valence-electron chi connectivity index (χ0n) is 10.6. The van der Waals surface area contributed by atoms with Crippen molar-refractivity contribution in [1.29, 1.82) is 0 Å². The molecule has 2 rings (SSSR count). The first-order chi connectivity index (χ1) is 8.83. The standard InChI is InChI=1S/C14H18N4/c1-2-11-5-3-4-6-12(11)17-14-8-10-16-13(18-14)7-9-15/h3-6,8,10H,2,7,9,15H2,1H3,(H,16,17,18). The van der Waals surface area contributed by atoms with E-state index in [-0.39, 0.29) is 0 Å². The largest absolute Gasteiger partial charge is 0.340 e. The summed E-state index contributed by atoms with van der Waals surface area (Å²) >= 11 is 0. The van der Waals surface area contributed by atoms with Crippen molar-refractivity contribution in [1.82, 2.24) is 9.97 Å². The summed E-state index contributed by atoms with van der Waals surface area (Å²) < 4.78 is 0. The monoisotopic (exact) mass is 242 g/mol. The Hall–Kier alpha value is -1.94. The molecule has 0 fully saturated rings. The first kappa shape index (κ1) is 12.5. The van der Waals surface area contributed by atoms with E-state index in [1.54, 1.807) is 6.20 Å². The fourth-order valence-electron chi connectivity index (χ4n) is 1.81. The lowest BCUT2D eigenvalue weighted by molar-refractivity contribution is 0.869. The summed E-state index contributed by atoms with van der Waals surface area (Å²) in [6.07, 6.45) is 3.45. The Morgan fingerprint density at radius 1 is 1.22 bits per heavy atom. The van der Waals surface area contributed by atoms with Crippen LogP contribution in [-0.2, 0) is 12.8 Å². The molecular formula is C14H18N4. The lowest BCUT2D eigenvalue weighted by Gasteiger charge is -2.10. The van der Waals surface area contributed by atoms with E-state index in [1.807, 2.05) is 18.2 Å². The third-order valence-electron chi connectivity index (χ3n) is 2.73. The Labute approximate surface area is 107 Å². The number of benzene rings is 1. The molecule has 0 aliphatic heterocycles. The maximum Gasteiger partial charge on any atom is 0.134 e. The quantitative estimate of drug-likeness (QED) is 0.844. The smallest absolute Gasteiger partial charge is 0.134 e. The highest BCUT2D eigenvalue weighted by atomic mass is 15.0. The second-order valence-corrected chi connectivity index (χ2v) is 4.03. The van der Waals surface area contributed by atoms with Gasteiger partial charge < -0.3 is 11.1 Å². The van der Waals surface area contributed by atoms with Crippen molar-refractivity contribution in [3.8, 4) is 0 Å². The zero-order valence-corrected chi connectivity index (χ0v) is 10.6. The van der Waals surface area contributed by atoms with Gasteiger partial charge in [-0.1, -0.05) is 25.1 Å². The van der Waals surface area contributed by atoms with Gasteiger partial charge in [0.2, 0.25) is 0 Å². The Kier molecular flexibility index (Phi) is 4.25. The van der Waals surface area contributed by atoms with Gasteiger partial charge in [0.25, 0.3) is 0 Å². The van der Waals surface area contributed by atoms with Crippen molar-refractivity contribution in [2.24, 2.45) is 5.73 Å². The second-order valence-electron chi connectivity index (χ2n) is 4.03. The van der Waals surface area contributed by atoms with E-state index in [4.69, 9.17) is 5.73 Å². The predicted molar refractivity (Wildman–Crippen MR) is 73.9 cm³/mol. The highest BCUT2D eigenvalue weighted by Gasteiger charge is 2.02. The van der Waals surface area contributed by atoms with Crippen molar-refractivity contribution in [2.45, 2.75) is 19.8 Å². The van der Waals surface area contributed by atoms with Gasteiger partial charge in [0.1, 0.15) is 11.6 Å². The number of nitrogens with two attached hydrogens (primary N) is 1. The molecule has 0 bridgehead atoms. The Morgan fingerprint density at radius 2 is 2.06 bits per heavy atom. The van der Waals surface area contributed by atoms with Crippen LogP contribution in [0, 0.1) is 0 Å². The van der Waals surface area contributed by atoms with E-state index >= 15 is 0 Å². The van der Waals surface area contributed by atoms with Gasteiger partial charge in [0.05, 0.1) is 0 Å². The molecule has 1 aromatic carbocycles.